The molecule has 0 atom stereocenters. The zero-order valence-electron chi connectivity index (χ0n) is 18.9. The summed E-state index contributed by atoms with van der Waals surface area (Å²) in [6.07, 6.45) is 3.12. The van der Waals surface area contributed by atoms with Gasteiger partial charge in [-0.15, -0.1) is 23.1 Å². The van der Waals surface area contributed by atoms with Crippen molar-refractivity contribution in [3.63, 3.8) is 0 Å². The number of carbonyl (C=O) groups excluding carboxylic acids is 2. The zero-order valence-corrected chi connectivity index (χ0v) is 20.5. The molecule has 2 amide bonds. The second-order valence-corrected chi connectivity index (χ2v) is 9.80. The Bertz CT molecular complexity index is 1430. The van der Waals surface area contributed by atoms with Crippen LogP contribution in [0.25, 0.3) is 10.2 Å². The molecule has 0 saturated heterocycles. The van der Waals surface area contributed by atoms with Crippen LogP contribution in [0.2, 0.25) is 0 Å². The molecule has 0 radical (unpaired) electrons. The molecule has 0 aliphatic heterocycles. The number of pyridine rings is 1. The molecule has 8 nitrogen and oxygen atoms in total. The lowest BCUT2D eigenvalue weighted by atomic mass is 10.2. The summed E-state index contributed by atoms with van der Waals surface area (Å²) in [4.78, 5) is 51.0. The van der Waals surface area contributed by atoms with Gasteiger partial charge in [-0.25, -0.2) is 4.98 Å². The van der Waals surface area contributed by atoms with Crippen molar-refractivity contribution in [2.75, 3.05) is 11.9 Å². The van der Waals surface area contributed by atoms with Gasteiger partial charge >= 0.3 is 0 Å². The van der Waals surface area contributed by atoms with Crippen molar-refractivity contribution in [1.29, 1.82) is 0 Å². The fraction of sp³-hybridized carbons (Fsp3) is 0.208. The average molecular weight is 494 g/mol. The lowest BCUT2D eigenvalue weighted by molar-refractivity contribution is -0.115. The Morgan fingerprint density at radius 3 is 2.76 bits per heavy atom. The molecule has 4 aromatic rings. The van der Waals surface area contributed by atoms with Crippen LogP contribution in [0.4, 0.5) is 5.69 Å². The Morgan fingerprint density at radius 2 is 2.00 bits per heavy atom. The third kappa shape index (κ3) is 5.35. The molecule has 4 rings (SSSR count). The van der Waals surface area contributed by atoms with Crippen molar-refractivity contribution in [2.24, 2.45) is 0 Å². The van der Waals surface area contributed by atoms with Crippen molar-refractivity contribution in [2.45, 2.75) is 31.4 Å². The van der Waals surface area contributed by atoms with Crippen LogP contribution in [0.1, 0.15) is 32.2 Å². The van der Waals surface area contributed by atoms with Gasteiger partial charge in [0.1, 0.15) is 10.7 Å². The third-order valence-electron chi connectivity index (χ3n) is 5.12. The molecule has 1 aromatic carbocycles. The Balaban J connectivity index is 1.47. The minimum Gasteiger partial charge on any atom is -0.342 e. The van der Waals surface area contributed by atoms with Gasteiger partial charge in [0.05, 0.1) is 34.4 Å². The number of thiophene rings is 1. The summed E-state index contributed by atoms with van der Waals surface area (Å²) < 4.78 is 0. The predicted molar refractivity (Wildman–Crippen MR) is 136 cm³/mol. The van der Waals surface area contributed by atoms with E-state index >= 15 is 0 Å². The van der Waals surface area contributed by atoms with Crippen molar-refractivity contribution >= 4 is 50.8 Å². The van der Waals surface area contributed by atoms with E-state index in [0.717, 1.165) is 21.8 Å². The number of aromatic nitrogens is 3. The first kappa shape index (κ1) is 23.7. The van der Waals surface area contributed by atoms with Crippen molar-refractivity contribution in [3.8, 4) is 0 Å². The first-order chi connectivity index (χ1) is 16.3. The molecule has 0 fully saturated rings. The number of nitrogens with zero attached hydrogens (tertiary/aromatic N) is 2. The van der Waals surface area contributed by atoms with Crippen molar-refractivity contribution in [1.82, 2.24) is 20.3 Å². The van der Waals surface area contributed by atoms with Crippen LogP contribution in [-0.4, -0.2) is 33.3 Å². The molecule has 174 valence electrons. The average Bonchev–Trinajstić information content (AvgIpc) is 3.15. The standard InChI is InChI=1S/C24H23N5O3S2/c1-13-6-7-14(2)17(9-13)33-12-18-28-22(31)20-15(3)21(34-24(20)29-18)23(32)26-11-19(30)27-16-5-4-8-25-10-16/h4-10H,11-12H2,1-3H3,(H,26,32)(H,27,30)(H,28,29,31). The SMILES string of the molecule is Cc1ccc(C)c(SCc2nc3sc(C(=O)NCC(=O)Nc4cccnc4)c(C)c3c(=O)[nH]2)c1. The quantitative estimate of drug-likeness (QED) is 0.336. The molecular weight excluding hydrogens is 470 g/mol. The molecule has 3 N–H and O–H groups in total. The largest absolute Gasteiger partial charge is 0.342 e. The van der Waals surface area contributed by atoms with E-state index in [-0.39, 0.29) is 18.0 Å². The molecular formula is C24H23N5O3S2. The van der Waals surface area contributed by atoms with Gasteiger partial charge in [-0.1, -0.05) is 17.7 Å². The molecule has 0 aliphatic carbocycles. The van der Waals surface area contributed by atoms with Crippen LogP contribution in [0.3, 0.4) is 0 Å². The first-order valence-electron chi connectivity index (χ1n) is 10.5. The van der Waals surface area contributed by atoms with Crippen LogP contribution >= 0.6 is 23.1 Å². The number of nitrogens with one attached hydrogen (secondary N) is 3. The number of rotatable bonds is 7. The van der Waals surface area contributed by atoms with Crippen LogP contribution in [0.15, 0.2) is 52.4 Å². The second kappa shape index (κ2) is 10.2. The number of aryl methyl sites for hydroxylation is 3. The third-order valence-corrected chi connectivity index (χ3v) is 7.47. The molecule has 10 heteroatoms. The molecule has 0 bridgehead atoms. The minimum absolute atomic E-state index is 0.205. The highest BCUT2D eigenvalue weighted by atomic mass is 32.2. The number of hydrogen-bond donors (Lipinski definition) is 3. The monoisotopic (exact) mass is 493 g/mol. The molecule has 0 aliphatic rings. The fourth-order valence-corrected chi connectivity index (χ4v) is 5.48. The van der Waals surface area contributed by atoms with Crippen LogP contribution < -0.4 is 16.2 Å². The summed E-state index contributed by atoms with van der Waals surface area (Å²) in [7, 11) is 0. The van der Waals surface area contributed by atoms with Crippen LogP contribution in [0, 0.1) is 20.8 Å². The van der Waals surface area contributed by atoms with Crippen molar-refractivity contribution in [3.05, 3.63) is 80.5 Å². The van der Waals surface area contributed by atoms with Gasteiger partial charge in [0.25, 0.3) is 11.5 Å². The summed E-state index contributed by atoms with van der Waals surface area (Å²) in [6, 6.07) is 9.65. The Hall–Kier alpha value is -3.50. The van der Waals surface area contributed by atoms with Crippen LogP contribution in [-0.2, 0) is 10.5 Å². The Kier molecular flexibility index (Phi) is 7.09. The van der Waals surface area contributed by atoms with Gasteiger partial charge in [0.15, 0.2) is 0 Å². The van der Waals surface area contributed by atoms with Gasteiger partial charge in [-0.2, -0.15) is 0 Å². The number of amides is 2. The van der Waals surface area contributed by atoms with E-state index in [9.17, 15) is 14.4 Å². The highest BCUT2D eigenvalue weighted by Crippen LogP contribution is 2.29. The lowest BCUT2D eigenvalue weighted by Crippen LogP contribution is -2.32. The number of anilines is 1. The smallest absolute Gasteiger partial charge is 0.262 e. The van der Waals surface area contributed by atoms with E-state index < -0.39 is 5.91 Å². The molecule has 34 heavy (non-hydrogen) atoms. The molecule has 0 unspecified atom stereocenters. The first-order valence-corrected chi connectivity index (χ1v) is 12.3. The number of H-pyrrole nitrogens is 1. The predicted octanol–water partition coefficient (Wildman–Crippen LogP) is 3.97. The number of hydrogen-bond acceptors (Lipinski definition) is 7. The van der Waals surface area contributed by atoms with Gasteiger partial charge < -0.3 is 15.6 Å². The van der Waals surface area contributed by atoms with Gasteiger partial charge in [-0.05, 0) is 50.1 Å². The van der Waals surface area contributed by atoms with Gasteiger partial charge in [0, 0.05) is 11.1 Å². The van der Waals surface area contributed by atoms with Gasteiger partial charge in [0.2, 0.25) is 5.91 Å². The zero-order chi connectivity index (χ0) is 24.2. The summed E-state index contributed by atoms with van der Waals surface area (Å²) in [5.74, 6) is 0.254. The van der Waals surface area contributed by atoms with E-state index in [4.69, 9.17) is 0 Å². The maximum Gasteiger partial charge on any atom is 0.262 e. The maximum absolute atomic E-state index is 12.8. The number of carbonyl (C=O) groups is 2. The molecule has 3 aromatic heterocycles. The Labute approximate surface area is 204 Å². The van der Waals surface area contributed by atoms with E-state index in [1.54, 1.807) is 37.0 Å². The van der Waals surface area contributed by atoms with Crippen LogP contribution in [0.5, 0.6) is 0 Å². The maximum atomic E-state index is 12.8. The normalized spacial score (nSPS) is 10.9. The minimum atomic E-state index is -0.424. The molecule has 3 heterocycles. The van der Waals surface area contributed by atoms with E-state index in [1.807, 2.05) is 13.8 Å². The van der Waals surface area contributed by atoms with E-state index in [2.05, 4.69) is 43.8 Å². The highest BCUT2D eigenvalue weighted by Gasteiger charge is 2.20. The topological polar surface area (TPSA) is 117 Å². The Morgan fingerprint density at radius 1 is 1.18 bits per heavy atom. The van der Waals surface area contributed by atoms with Gasteiger partial charge in [-0.3, -0.25) is 19.4 Å². The summed E-state index contributed by atoms with van der Waals surface area (Å²) >= 11 is 2.75. The number of aromatic amines is 1. The number of fused-ring (bicyclic) bond motifs is 1. The fourth-order valence-electron chi connectivity index (χ4n) is 3.37. The van der Waals surface area contributed by atoms with E-state index in [1.165, 1.54) is 11.8 Å². The van der Waals surface area contributed by atoms with E-state index in [0.29, 0.717) is 37.9 Å². The number of benzene rings is 1. The van der Waals surface area contributed by atoms with Crippen molar-refractivity contribution < 1.29 is 9.59 Å². The summed E-state index contributed by atoms with van der Waals surface area (Å²) in [5.41, 5.74) is 3.15. The summed E-state index contributed by atoms with van der Waals surface area (Å²) in [6.45, 7) is 5.60. The lowest BCUT2D eigenvalue weighted by Gasteiger charge is -2.06. The molecule has 0 spiro atoms. The highest BCUT2D eigenvalue weighted by molar-refractivity contribution is 7.98. The second-order valence-electron chi connectivity index (χ2n) is 7.78. The summed E-state index contributed by atoms with van der Waals surface area (Å²) in [5, 5.41) is 5.67. The number of thioether (sulfide) groups is 1. The molecule has 0 saturated carbocycles.